The molecule has 0 spiro atoms. The second-order valence-electron chi connectivity index (χ2n) is 6.57. The highest BCUT2D eigenvalue weighted by Gasteiger charge is 2.17. The Hall–Kier alpha value is -2.73. The first-order valence-corrected chi connectivity index (χ1v) is 9.07. The van der Waals surface area contributed by atoms with E-state index >= 15 is 0 Å². The Morgan fingerprint density at radius 1 is 1.07 bits per heavy atom. The molecule has 1 aliphatic heterocycles. The molecule has 1 N–H and O–H groups in total. The number of nitrogens with zero attached hydrogens (tertiary/aromatic N) is 1. The van der Waals surface area contributed by atoms with Gasteiger partial charge in [-0.3, -0.25) is 4.79 Å². The lowest BCUT2D eigenvalue weighted by Gasteiger charge is -2.30. The molecule has 1 aliphatic rings. The monoisotopic (exact) mass is 370 g/mol. The van der Waals surface area contributed by atoms with E-state index < -0.39 is 0 Å². The highest BCUT2D eigenvalue weighted by Crippen LogP contribution is 2.31. The van der Waals surface area contributed by atoms with Gasteiger partial charge in [0.15, 0.2) is 6.61 Å². The third-order valence-corrected chi connectivity index (χ3v) is 4.68. The second-order valence-corrected chi connectivity index (χ2v) is 6.57. The molecule has 0 atom stereocenters. The molecule has 1 fully saturated rings. The summed E-state index contributed by atoms with van der Waals surface area (Å²) in [5.74, 6) is 1.17. The summed E-state index contributed by atoms with van der Waals surface area (Å²) >= 11 is 0. The van der Waals surface area contributed by atoms with Crippen molar-refractivity contribution in [3.63, 3.8) is 0 Å². The Bertz CT molecular complexity index is 801. The Morgan fingerprint density at radius 3 is 2.52 bits per heavy atom. The van der Waals surface area contributed by atoms with Gasteiger partial charge < -0.3 is 24.4 Å². The molecule has 0 aliphatic carbocycles. The number of anilines is 2. The molecule has 1 amide bonds. The number of methoxy groups -OCH3 is 1. The molecule has 2 aromatic rings. The van der Waals surface area contributed by atoms with E-state index in [9.17, 15) is 4.79 Å². The van der Waals surface area contributed by atoms with Crippen molar-refractivity contribution in [1.29, 1.82) is 0 Å². The predicted molar refractivity (Wildman–Crippen MR) is 106 cm³/mol. The number of nitrogens with one attached hydrogen (secondary N) is 1. The number of carbonyl (C=O) groups is 1. The third kappa shape index (κ3) is 4.92. The lowest BCUT2D eigenvalue weighted by Crippen LogP contribution is -2.37. The number of hydrogen-bond donors (Lipinski definition) is 1. The topological polar surface area (TPSA) is 60.0 Å². The van der Waals surface area contributed by atoms with Gasteiger partial charge >= 0.3 is 0 Å². The van der Waals surface area contributed by atoms with Gasteiger partial charge in [0, 0.05) is 19.2 Å². The van der Waals surface area contributed by atoms with E-state index in [1.165, 1.54) is 5.56 Å². The van der Waals surface area contributed by atoms with E-state index in [-0.39, 0.29) is 12.5 Å². The Kier molecular flexibility index (Phi) is 6.19. The van der Waals surface area contributed by atoms with Crippen LogP contribution >= 0.6 is 0 Å². The predicted octanol–water partition coefficient (Wildman–Crippen LogP) is 3.17. The number of rotatable bonds is 6. The molecule has 144 valence electrons. The zero-order valence-electron chi connectivity index (χ0n) is 16.1. The van der Waals surface area contributed by atoms with Crippen LogP contribution in [0.3, 0.4) is 0 Å². The van der Waals surface area contributed by atoms with E-state index in [1.807, 2.05) is 50.2 Å². The van der Waals surface area contributed by atoms with Crippen molar-refractivity contribution in [3.05, 3.63) is 47.5 Å². The molecular formula is C21H26N2O4. The minimum atomic E-state index is -0.212. The molecule has 1 heterocycles. The van der Waals surface area contributed by atoms with Crippen molar-refractivity contribution in [2.75, 3.05) is 50.2 Å². The van der Waals surface area contributed by atoms with Gasteiger partial charge in [-0.05, 0) is 49.2 Å². The molecular weight excluding hydrogens is 344 g/mol. The largest absolute Gasteiger partial charge is 0.497 e. The Labute approximate surface area is 160 Å². The van der Waals surface area contributed by atoms with E-state index in [0.29, 0.717) is 30.4 Å². The van der Waals surface area contributed by atoms with Crippen LogP contribution in [0.5, 0.6) is 11.5 Å². The SMILES string of the molecule is COc1ccc(N2CCOCC2)c(NC(=O)COc2ccc(C)c(C)c2)c1. The number of aryl methyl sites for hydroxylation is 2. The fourth-order valence-electron chi connectivity index (χ4n) is 2.96. The summed E-state index contributed by atoms with van der Waals surface area (Å²) < 4.78 is 16.4. The zero-order chi connectivity index (χ0) is 19.2. The molecule has 1 saturated heterocycles. The molecule has 0 aromatic heterocycles. The van der Waals surface area contributed by atoms with Crippen molar-refractivity contribution >= 4 is 17.3 Å². The van der Waals surface area contributed by atoms with E-state index in [4.69, 9.17) is 14.2 Å². The Balaban J connectivity index is 1.69. The van der Waals surface area contributed by atoms with Crippen LogP contribution in [-0.4, -0.2) is 45.9 Å². The normalized spacial score (nSPS) is 14.0. The standard InChI is InChI=1S/C21H26N2O4/c1-15-4-5-18(12-16(15)2)27-14-21(24)22-19-13-17(25-3)6-7-20(19)23-8-10-26-11-9-23/h4-7,12-13H,8-11,14H2,1-3H3,(H,22,24). The Morgan fingerprint density at radius 2 is 1.81 bits per heavy atom. The van der Waals surface area contributed by atoms with Crippen molar-refractivity contribution in [1.82, 2.24) is 0 Å². The van der Waals surface area contributed by atoms with Gasteiger partial charge in [-0.1, -0.05) is 6.07 Å². The molecule has 3 rings (SSSR count). The molecule has 0 unspecified atom stereocenters. The van der Waals surface area contributed by atoms with Crippen LogP contribution in [0.25, 0.3) is 0 Å². The lowest BCUT2D eigenvalue weighted by atomic mass is 10.1. The van der Waals surface area contributed by atoms with E-state index in [0.717, 1.165) is 24.3 Å². The lowest BCUT2D eigenvalue weighted by molar-refractivity contribution is -0.118. The molecule has 27 heavy (non-hydrogen) atoms. The van der Waals surface area contributed by atoms with Crippen LogP contribution in [0.1, 0.15) is 11.1 Å². The van der Waals surface area contributed by atoms with Crippen LogP contribution in [0.15, 0.2) is 36.4 Å². The van der Waals surface area contributed by atoms with Crippen molar-refractivity contribution < 1.29 is 19.0 Å². The number of benzene rings is 2. The zero-order valence-corrected chi connectivity index (χ0v) is 16.1. The highest BCUT2D eigenvalue weighted by molar-refractivity contribution is 5.95. The summed E-state index contributed by atoms with van der Waals surface area (Å²) in [6, 6.07) is 11.5. The van der Waals surface area contributed by atoms with Crippen molar-refractivity contribution in [2.45, 2.75) is 13.8 Å². The summed E-state index contributed by atoms with van der Waals surface area (Å²) in [6.07, 6.45) is 0. The van der Waals surface area contributed by atoms with Gasteiger partial charge in [-0.25, -0.2) is 0 Å². The molecule has 0 saturated carbocycles. The van der Waals surface area contributed by atoms with Crippen molar-refractivity contribution in [2.24, 2.45) is 0 Å². The molecule has 0 radical (unpaired) electrons. The molecule has 2 aromatic carbocycles. The minimum Gasteiger partial charge on any atom is -0.497 e. The summed E-state index contributed by atoms with van der Waals surface area (Å²) in [6.45, 7) is 6.93. The first-order chi connectivity index (χ1) is 13.1. The van der Waals surface area contributed by atoms with Crippen LogP contribution < -0.4 is 19.7 Å². The van der Waals surface area contributed by atoms with Crippen LogP contribution in [-0.2, 0) is 9.53 Å². The fourth-order valence-corrected chi connectivity index (χ4v) is 2.96. The van der Waals surface area contributed by atoms with Gasteiger partial charge in [-0.2, -0.15) is 0 Å². The van der Waals surface area contributed by atoms with E-state index in [2.05, 4.69) is 10.2 Å². The summed E-state index contributed by atoms with van der Waals surface area (Å²) in [5, 5.41) is 2.95. The summed E-state index contributed by atoms with van der Waals surface area (Å²) in [7, 11) is 1.61. The third-order valence-electron chi connectivity index (χ3n) is 4.68. The first-order valence-electron chi connectivity index (χ1n) is 9.07. The summed E-state index contributed by atoms with van der Waals surface area (Å²) in [4.78, 5) is 14.6. The van der Waals surface area contributed by atoms with E-state index in [1.54, 1.807) is 7.11 Å². The van der Waals surface area contributed by atoms with Gasteiger partial charge in [-0.15, -0.1) is 0 Å². The van der Waals surface area contributed by atoms with Gasteiger partial charge in [0.25, 0.3) is 5.91 Å². The summed E-state index contributed by atoms with van der Waals surface area (Å²) in [5.41, 5.74) is 4.00. The highest BCUT2D eigenvalue weighted by atomic mass is 16.5. The second kappa shape index (κ2) is 8.77. The van der Waals surface area contributed by atoms with Crippen molar-refractivity contribution in [3.8, 4) is 11.5 Å². The fraction of sp³-hybridized carbons (Fsp3) is 0.381. The molecule has 6 nitrogen and oxygen atoms in total. The van der Waals surface area contributed by atoms with Crippen LogP contribution in [0.4, 0.5) is 11.4 Å². The average Bonchev–Trinajstić information content (AvgIpc) is 2.69. The first kappa shape index (κ1) is 19.0. The maximum Gasteiger partial charge on any atom is 0.262 e. The maximum atomic E-state index is 12.5. The quantitative estimate of drug-likeness (QED) is 0.846. The molecule has 6 heteroatoms. The van der Waals surface area contributed by atoms with Gasteiger partial charge in [0.2, 0.25) is 0 Å². The number of hydrogen-bond acceptors (Lipinski definition) is 5. The minimum absolute atomic E-state index is 0.0533. The van der Waals surface area contributed by atoms with Gasteiger partial charge in [0.1, 0.15) is 11.5 Å². The number of amides is 1. The average molecular weight is 370 g/mol. The van der Waals surface area contributed by atoms with Crippen LogP contribution in [0.2, 0.25) is 0 Å². The van der Waals surface area contributed by atoms with Gasteiger partial charge in [0.05, 0.1) is 31.7 Å². The molecule has 0 bridgehead atoms. The number of carbonyl (C=O) groups excluding carboxylic acids is 1. The number of morpholine rings is 1. The van der Waals surface area contributed by atoms with Crippen LogP contribution in [0, 0.1) is 13.8 Å². The number of ether oxygens (including phenoxy) is 3. The smallest absolute Gasteiger partial charge is 0.262 e. The maximum absolute atomic E-state index is 12.5.